The number of aliphatic hydroxyl groups excluding tert-OH is 2. The maximum absolute atomic E-state index is 15.9. The molecule has 16 heteroatoms. The van der Waals surface area contributed by atoms with Gasteiger partial charge in [0, 0.05) is 36.5 Å². The van der Waals surface area contributed by atoms with E-state index in [4.69, 9.17) is 37.9 Å². The van der Waals surface area contributed by atoms with E-state index in [1.54, 1.807) is 24.3 Å². The maximum Gasteiger partial charge on any atom is 0.343 e. The van der Waals surface area contributed by atoms with Crippen LogP contribution in [0.15, 0.2) is 110 Å². The van der Waals surface area contributed by atoms with Crippen LogP contribution in [0.3, 0.4) is 0 Å². The van der Waals surface area contributed by atoms with E-state index in [0.29, 0.717) is 63.6 Å². The molecule has 4 aromatic carbocycles. The van der Waals surface area contributed by atoms with Crippen LogP contribution in [-0.2, 0) is 34.5 Å². The molecule has 0 saturated heterocycles. The molecule has 14 nitrogen and oxygen atoms in total. The molecule has 2 N–H and O–H groups in total. The number of esters is 4. The van der Waals surface area contributed by atoms with Crippen LogP contribution in [0.25, 0.3) is 11.1 Å². The zero-order valence-electron chi connectivity index (χ0n) is 34.3. The van der Waals surface area contributed by atoms with E-state index in [9.17, 15) is 29.4 Å². The molecule has 0 saturated carbocycles. The summed E-state index contributed by atoms with van der Waals surface area (Å²) >= 11 is 0. The lowest BCUT2D eigenvalue weighted by Gasteiger charge is -2.14. The Kier molecular flexibility index (Phi) is 17.9. The van der Waals surface area contributed by atoms with Crippen molar-refractivity contribution < 1.29 is 76.1 Å². The SMILES string of the molecule is C=CC(=O)OCC(O)COCCCCOc1ccc(C(=O)Oc2ccc3c(c2)C(F)(F)c2cc(OC(=O)c4ccc(OCCCCOCC(O)COC(=O)C=C)cc4)ccc2-3)cc1. The second-order valence-electron chi connectivity index (χ2n) is 14.1. The fourth-order valence-corrected chi connectivity index (χ4v) is 6.02. The number of carbonyl (C=O) groups is 4. The van der Waals surface area contributed by atoms with Crippen LogP contribution in [0.1, 0.15) is 57.5 Å². The number of alkyl halides is 2. The van der Waals surface area contributed by atoms with Crippen molar-refractivity contribution in [3.8, 4) is 34.1 Å². The van der Waals surface area contributed by atoms with Crippen LogP contribution in [0.2, 0.25) is 0 Å². The van der Waals surface area contributed by atoms with E-state index < -0.39 is 42.0 Å². The fraction of sp³-hybridized carbons (Fsp3) is 0.319. The van der Waals surface area contributed by atoms with E-state index in [2.05, 4.69) is 13.2 Å². The summed E-state index contributed by atoms with van der Waals surface area (Å²) in [4.78, 5) is 48.0. The minimum absolute atomic E-state index is 0.0126. The highest BCUT2D eigenvalue weighted by Gasteiger charge is 2.45. The summed E-state index contributed by atoms with van der Waals surface area (Å²) in [7, 11) is 0. The molecule has 0 spiro atoms. The van der Waals surface area contributed by atoms with Gasteiger partial charge in [-0.05, 0) is 110 Å². The summed E-state index contributed by atoms with van der Waals surface area (Å²) in [5.74, 6) is -5.39. The number of hydrogen-bond donors (Lipinski definition) is 2. The predicted molar refractivity (Wildman–Crippen MR) is 223 cm³/mol. The van der Waals surface area contributed by atoms with Gasteiger partial charge in [-0.15, -0.1) is 0 Å². The second kappa shape index (κ2) is 23.7. The van der Waals surface area contributed by atoms with Crippen molar-refractivity contribution in [3.63, 3.8) is 0 Å². The highest BCUT2D eigenvalue weighted by atomic mass is 19.3. The first-order valence-corrected chi connectivity index (χ1v) is 20.0. The third kappa shape index (κ3) is 14.3. The summed E-state index contributed by atoms with van der Waals surface area (Å²) in [6.45, 7) is 7.67. The molecular weight excluding hydrogens is 826 g/mol. The molecule has 1 aliphatic rings. The average Bonchev–Trinajstić information content (AvgIpc) is 3.51. The second-order valence-corrected chi connectivity index (χ2v) is 14.1. The van der Waals surface area contributed by atoms with Crippen molar-refractivity contribution in [2.24, 2.45) is 0 Å². The first kappa shape index (κ1) is 47.6. The number of benzene rings is 4. The van der Waals surface area contributed by atoms with Gasteiger partial charge in [0.1, 0.15) is 48.4 Å². The zero-order chi connectivity index (χ0) is 45.2. The molecule has 0 bridgehead atoms. The standard InChI is InChI=1S/C47H48F2O14/c1-3-43(52)60-29-33(50)27-56-21-5-7-23-58-35-13-9-31(10-14-35)45(54)62-37-17-19-39-40-20-18-38(26-42(40)47(48,49)41(39)25-37)63-46(55)32-11-15-36(16-12-32)59-24-8-6-22-57-28-34(51)30-61-44(53)4-2/h3-4,9-20,25-26,33-34,50-51H,1-2,5-8,21-24,27-30H2. The molecule has 334 valence electrons. The molecule has 0 amide bonds. The first-order valence-electron chi connectivity index (χ1n) is 20.0. The average molecular weight is 875 g/mol. The number of carbonyl (C=O) groups excluding carboxylic acids is 4. The quantitative estimate of drug-likeness (QED) is 0.0292. The van der Waals surface area contributed by atoms with Crippen LogP contribution in [0.4, 0.5) is 8.78 Å². The molecule has 0 heterocycles. The van der Waals surface area contributed by atoms with Crippen molar-refractivity contribution in [3.05, 3.63) is 132 Å². The summed E-state index contributed by atoms with van der Waals surface area (Å²) in [5.41, 5.74) is 0.119. The number of halogens is 2. The number of ether oxygens (including phenoxy) is 8. The van der Waals surface area contributed by atoms with Crippen LogP contribution in [0.5, 0.6) is 23.0 Å². The highest BCUT2D eigenvalue weighted by molar-refractivity contribution is 5.92. The number of unbranched alkanes of at least 4 members (excludes halogenated alkanes) is 2. The third-order valence-corrected chi connectivity index (χ3v) is 9.24. The Hall–Kier alpha value is -6.46. The van der Waals surface area contributed by atoms with Crippen molar-refractivity contribution >= 4 is 23.9 Å². The van der Waals surface area contributed by atoms with Gasteiger partial charge in [0.15, 0.2) is 0 Å². The lowest BCUT2D eigenvalue weighted by atomic mass is 10.1. The van der Waals surface area contributed by atoms with E-state index >= 15 is 8.78 Å². The molecular formula is C47H48F2O14. The molecule has 2 unspecified atom stereocenters. The summed E-state index contributed by atoms with van der Waals surface area (Å²) in [6, 6.07) is 20.3. The Bertz CT molecular complexity index is 2040. The van der Waals surface area contributed by atoms with Crippen LogP contribution >= 0.6 is 0 Å². The summed E-state index contributed by atoms with van der Waals surface area (Å²) in [6.07, 6.45) is 2.72. The normalized spacial score (nSPS) is 13.1. The van der Waals surface area contributed by atoms with E-state index in [1.807, 2.05) is 0 Å². The summed E-state index contributed by atoms with van der Waals surface area (Å²) in [5, 5.41) is 19.5. The number of hydrogen-bond acceptors (Lipinski definition) is 14. The van der Waals surface area contributed by atoms with Crippen molar-refractivity contribution in [1.82, 2.24) is 0 Å². The van der Waals surface area contributed by atoms with Gasteiger partial charge in [0.25, 0.3) is 5.92 Å². The van der Waals surface area contributed by atoms with E-state index in [1.165, 1.54) is 48.5 Å². The van der Waals surface area contributed by atoms with Gasteiger partial charge in [-0.25, -0.2) is 19.2 Å². The van der Waals surface area contributed by atoms with Gasteiger partial charge in [-0.1, -0.05) is 25.3 Å². The number of fused-ring (bicyclic) bond motifs is 3. The smallest absolute Gasteiger partial charge is 0.343 e. The fourth-order valence-electron chi connectivity index (χ4n) is 6.02. The topological polar surface area (TPSA) is 183 Å². The van der Waals surface area contributed by atoms with Gasteiger partial charge >= 0.3 is 23.9 Å². The molecule has 0 aliphatic heterocycles. The van der Waals surface area contributed by atoms with Crippen molar-refractivity contribution in [1.29, 1.82) is 0 Å². The van der Waals surface area contributed by atoms with Crippen molar-refractivity contribution in [2.45, 2.75) is 43.8 Å². The molecule has 63 heavy (non-hydrogen) atoms. The van der Waals surface area contributed by atoms with Crippen LogP contribution < -0.4 is 18.9 Å². The molecule has 4 aromatic rings. The number of rotatable bonds is 26. The monoisotopic (exact) mass is 874 g/mol. The highest BCUT2D eigenvalue weighted by Crippen LogP contribution is 2.52. The molecule has 5 rings (SSSR count). The zero-order valence-corrected chi connectivity index (χ0v) is 34.3. The number of aliphatic hydroxyl groups is 2. The molecule has 0 fully saturated rings. The predicted octanol–water partition coefficient (Wildman–Crippen LogP) is 6.78. The Balaban J connectivity index is 1.03. The maximum atomic E-state index is 15.9. The van der Waals surface area contributed by atoms with Crippen molar-refractivity contribution in [2.75, 3.05) is 52.9 Å². The van der Waals surface area contributed by atoms with Gasteiger partial charge < -0.3 is 48.1 Å². The van der Waals surface area contributed by atoms with Crippen LogP contribution in [-0.4, -0.2) is 99.2 Å². The summed E-state index contributed by atoms with van der Waals surface area (Å²) < 4.78 is 74.3. The molecule has 0 radical (unpaired) electrons. The lowest BCUT2D eigenvalue weighted by molar-refractivity contribution is -0.142. The Morgan fingerprint density at radius 3 is 1.29 bits per heavy atom. The molecule has 0 aromatic heterocycles. The van der Waals surface area contributed by atoms with Gasteiger partial charge in [-0.3, -0.25) is 0 Å². The van der Waals surface area contributed by atoms with Gasteiger partial charge in [-0.2, -0.15) is 8.78 Å². The van der Waals surface area contributed by atoms with Gasteiger partial charge in [0.2, 0.25) is 0 Å². The minimum atomic E-state index is -3.49. The Labute approximate surface area is 362 Å². The largest absolute Gasteiger partial charge is 0.494 e. The molecule has 2 atom stereocenters. The third-order valence-electron chi connectivity index (χ3n) is 9.24. The molecule has 1 aliphatic carbocycles. The lowest BCUT2D eigenvalue weighted by Crippen LogP contribution is -2.23. The van der Waals surface area contributed by atoms with Crippen LogP contribution in [0, 0.1) is 0 Å². The minimum Gasteiger partial charge on any atom is -0.494 e. The Morgan fingerprint density at radius 2 is 0.905 bits per heavy atom. The van der Waals surface area contributed by atoms with Gasteiger partial charge in [0.05, 0.1) is 37.6 Å². The van der Waals surface area contributed by atoms with E-state index in [-0.39, 0.29) is 71.3 Å². The Morgan fingerprint density at radius 1 is 0.540 bits per heavy atom. The first-order chi connectivity index (χ1) is 30.4. The van der Waals surface area contributed by atoms with E-state index in [0.717, 1.165) is 24.3 Å².